The van der Waals surface area contributed by atoms with Gasteiger partial charge in [0.05, 0.1) is 0 Å². The summed E-state index contributed by atoms with van der Waals surface area (Å²) in [6, 6.07) is 4.28. The smallest absolute Gasteiger partial charge is 0.119 e. The van der Waals surface area contributed by atoms with Gasteiger partial charge in [-0.15, -0.1) is 0 Å². The first-order valence-electron chi connectivity index (χ1n) is 8.08. The summed E-state index contributed by atoms with van der Waals surface area (Å²) in [5.74, 6) is 1.45. The second-order valence-electron chi connectivity index (χ2n) is 6.04. The molecular weight excluding hydrogens is 232 g/mol. The van der Waals surface area contributed by atoms with Crippen molar-refractivity contribution in [1.82, 2.24) is 0 Å². The lowest BCUT2D eigenvalue weighted by Crippen LogP contribution is -2.01. The molecule has 0 spiro atoms. The van der Waals surface area contributed by atoms with Crippen molar-refractivity contribution in [3.63, 3.8) is 0 Å². The maximum Gasteiger partial charge on any atom is 0.119 e. The average molecular weight is 260 g/mol. The number of rotatable bonds is 6. The lowest BCUT2D eigenvalue weighted by Gasteiger charge is -2.14. The third-order valence-electron chi connectivity index (χ3n) is 4.60. The summed E-state index contributed by atoms with van der Waals surface area (Å²) in [6.45, 7) is 4.39. The molecular formula is C18H28O. The van der Waals surface area contributed by atoms with Crippen molar-refractivity contribution in [2.45, 2.75) is 71.6 Å². The van der Waals surface area contributed by atoms with Gasteiger partial charge in [-0.2, -0.15) is 0 Å². The molecule has 0 saturated heterocycles. The van der Waals surface area contributed by atoms with Crippen LogP contribution in [0.3, 0.4) is 0 Å². The van der Waals surface area contributed by atoms with E-state index in [4.69, 9.17) is 0 Å². The third-order valence-corrected chi connectivity index (χ3v) is 4.60. The maximum absolute atomic E-state index is 10.1. The van der Waals surface area contributed by atoms with Crippen LogP contribution in [0.15, 0.2) is 12.1 Å². The van der Waals surface area contributed by atoms with Crippen molar-refractivity contribution in [2.75, 3.05) is 0 Å². The van der Waals surface area contributed by atoms with E-state index in [0.717, 1.165) is 37.2 Å². The number of aromatic hydroxyl groups is 1. The molecule has 0 radical (unpaired) electrons. The highest BCUT2D eigenvalue weighted by atomic mass is 16.3. The van der Waals surface area contributed by atoms with Gasteiger partial charge in [0.1, 0.15) is 5.75 Å². The second kappa shape index (κ2) is 6.98. The van der Waals surface area contributed by atoms with Gasteiger partial charge in [0.25, 0.3) is 0 Å². The predicted octanol–water partition coefficient (Wildman–Crippen LogP) is 5.03. The number of benzene rings is 1. The molecule has 106 valence electrons. The SMILES string of the molecule is CCCc1cc(CC)c(CCC2CCCC2)cc1O. The lowest BCUT2D eigenvalue weighted by atomic mass is 9.92. The first kappa shape index (κ1) is 14.4. The van der Waals surface area contributed by atoms with Crippen LogP contribution in [-0.4, -0.2) is 5.11 Å². The van der Waals surface area contributed by atoms with Gasteiger partial charge in [0, 0.05) is 0 Å². The van der Waals surface area contributed by atoms with E-state index in [2.05, 4.69) is 19.9 Å². The van der Waals surface area contributed by atoms with Gasteiger partial charge in [-0.25, -0.2) is 0 Å². The van der Waals surface area contributed by atoms with Gasteiger partial charge in [-0.1, -0.05) is 52.0 Å². The summed E-state index contributed by atoms with van der Waals surface area (Å²) in [7, 11) is 0. The maximum atomic E-state index is 10.1. The van der Waals surface area contributed by atoms with Crippen LogP contribution in [0.2, 0.25) is 0 Å². The molecule has 0 aliphatic heterocycles. The van der Waals surface area contributed by atoms with Crippen molar-refractivity contribution >= 4 is 0 Å². The normalized spacial score (nSPS) is 16.1. The molecule has 1 aromatic rings. The molecule has 0 atom stereocenters. The van der Waals surface area contributed by atoms with Crippen molar-refractivity contribution in [2.24, 2.45) is 5.92 Å². The molecule has 1 fully saturated rings. The van der Waals surface area contributed by atoms with Crippen molar-refractivity contribution < 1.29 is 5.11 Å². The Morgan fingerprint density at radius 3 is 2.37 bits per heavy atom. The molecule has 0 unspecified atom stereocenters. The molecule has 1 N–H and O–H groups in total. The standard InChI is InChI=1S/C18H28O/c1-3-7-17-12-15(4-2)16(13-18(17)19)11-10-14-8-5-6-9-14/h12-14,19H,3-11H2,1-2H3. The molecule has 1 heteroatoms. The van der Waals surface area contributed by atoms with Crippen LogP contribution < -0.4 is 0 Å². The number of phenolic OH excluding ortho intramolecular Hbond substituents is 1. The van der Waals surface area contributed by atoms with E-state index in [0.29, 0.717) is 5.75 Å². The Morgan fingerprint density at radius 2 is 1.74 bits per heavy atom. The highest BCUT2D eigenvalue weighted by molar-refractivity contribution is 5.42. The Kier molecular flexibility index (Phi) is 5.30. The minimum Gasteiger partial charge on any atom is -0.508 e. The minimum atomic E-state index is 0.514. The number of aryl methyl sites for hydroxylation is 3. The average Bonchev–Trinajstić information content (AvgIpc) is 2.92. The van der Waals surface area contributed by atoms with Crippen LogP contribution >= 0.6 is 0 Å². The highest BCUT2D eigenvalue weighted by Gasteiger charge is 2.16. The quantitative estimate of drug-likeness (QED) is 0.760. The molecule has 0 amide bonds. The fraction of sp³-hybridized carbons (Fsp3) is 0.667. The van der Waals surface area contributed by atoms with Crippen molar-refractivity contribution in [3.05, 3.63) is 28.8 Å². The van der Waals surface area contributed by atoms with E-state index in [9.17, 15) is 5.11 Å². The van der Waals surface area contributed by atoms with Crippen LogP contribution in [-0.2, 0) is 19.3 Å². The highest BCUT2D eigenvalue weighted by Crippen LogP contribution is 2.31. The van der Waals surface area contributed by atoms with E-state index in [1.807, 2.05) is 6.07 Å². The second-order valence-corrected chi connectivity index (χ2v) is 6.04. The van der Waals surface area contributed by atoms with Crippen molar-refractivity contribution in [3.8, 4) is 5.75 Å². The molecule has 0 bridgehead atoms. The summed E-state index contributed by atoms with van der Waals surface area (Å²) in [5, 5.41) is 10.1. The zero-order valence-electron chi connectivity index (χ0n) is 12.5. The number of hydrogen-bond donors (Lipinski definition) is 1. The molecule has 19 heavy (non-hydrogen) atoms. The summed E-state index contributed by atoms with van der Waals surface area (Å²) in [4.78, 5) is 0. The van der Waals surface area contributed by atoms with E-state index in [-0.39, 0.29) is 0 Å². The monoisotopic (exact) mass is 260 g/mol. The van der Waals surface area contributed by atoms with E-state index in [1.165, 1.54) is 43.2 Å². The minimum absolute atomic E-state index is 0.514. The third kappa shape index (κ3) is 3.75. The van der Waals surface area contributed by atoms with E-state index >= 15 is 0 Å². The van der Waals surface area contributed by atoms with Gasteiger partial charge in [0.2, 0.25) is 0 Å². The summed E-state index contributed by atoms with van der Waals surface area (Å²) in [6.07, 6.45) is 11.3. The van der Waals surface area contributed by atoms with Gasteiger partial charge in [-0.05, 0) is 54.4 Å². The largest absolute Gasteiger partial charge is 0.508 e. The Bertz CT molecular complexity index is 402. The van der Waals surface area contributed by atoms with Gasteiger partial charge >= 0.3 is 0 Å². The molecule has 1 aromatic carbocycles. The number of hydrogen-bond acceptors (Lipinski definition) is 1. The molecule has 1 aliphatic carbocycles. The zero-order valence-corrected chi connectivity index (χ0v) is 12.5. The topological polar surface area (TPSA) is 20.2 Å². The molecule has 1 saturated carbocycles. The van der Waals surface area contributed by atoms with Gasteiger partial charge in [-0.3, -0.25) is 0 Å². The van der Waals surface area contributed by atoms with Crippen LogP contribution in [0, 0.1) is 5.92 Å². The first-order chi connectivity index (χ1) is 9.24. The van der Waals surface area contributed by atoms with Gasteiger partial charge < -0.3 is 5.11 Å². The molecule has 2 rings (SSSR count). The van der Waals surface area contributed by atoms with Gasteiger partial charge in [0.15, 0.2) is 0 Å². The fourth-order valence-corrected chi connectivity index (χ4v) is 3.42. The number of phenols is 1. The Labute approximate surface area is 118 Å². The van der Waals surface area contributed by atoms with E-state index < -0.39 is 0 Å². The van der Waals surface area contributed by atoms with Crippen LogP contribution in [0.5, 0.6) is 5.75 Å². The summed E-state index contributed by atoms with van der Waals surface area (Å²) < 4.78 is 0. The molecule has 1 nitrogen and oxygen atoms in total. The molecule has 1 aliphatic rings. The lowest BCUT2D eigenvalue weighted by molar-refractivity contribution is 0.464. The van der Waals surface area contributed by atoms with Crippen LogP contribution in [0.4, 0.5) is 0 Å². The molecule has 0 aromatic heterocycles. The van der Waals surface area contributed by atoms with Crippen molar-refractivity contribution in [1.29, 1.82) is 0 Å². The predicted molar refractivity (Wildman–Crippen MR) is 81.8 cm³/mol. The zero-order chi connectivity index (χ0) is 13.7. The summed E-state index contributed by atoms with van der Waals surface area (Å²) >= 11 is 0. The Hall–Kier alpha value is -0.980. The Balaban J connectivity index is 2.07. The molecule has 0 heterocycles. The van der Waals surface area contributed by atoms with Crippen LogP contribution in [0.25, 0.3) is 0 Å². The van der Waals surface area contributed by atoms with Crippen LogP contribution in [0.1, 0.15) is 69.1 Å². The summed E-state index contributed by atoms with van der Waals surface area (Å²) in [5.41, 5.74) is 3.95. The Morgan fingerprint density at radius 1 is 1.00 bits per heavy atom. The van der Waals surface area contributed by atoms with E-state index in [1.54, 1.807) is 0 Å². The first-order valence-corrected chi connectivity index (χ1v) is 8.08. The fourth-order valence-electron chi connectivity index (χ4n) is 3.42.